The molecule has 2 aliphatic rings. The minimum Gasteiger partial charge on any atom is -0.333 e. The maximum absolute atomic E-state index is 13.4. The van der Waals surface area contributed by atoms with Gasteiger partial charge in [-0.1, -0.05) is 66.7 Å². The maximum Gasteiger partial charge on any atom is 0.322 e. The Morgan fingerprint density at radius 3 is 2.31 bits per heavy atom. The number of urea groups is 1. The summed E-state index contributed by atoms with van der Waals surface area (Å²) < 4.78 is 0. The molecule has 2 unspecified atom stereocenters. The molecule has 0 bridgehead atoms. The first-order chi connectivity index (χ1) is 15.5. The number of carbonyl (C=O) groups excluding carboxylic acids is 3. The molecule has 3 aromatic carbocycles. The number of nitrogens with zero attached hydrogens (tertiary/aromatic N) is 1. The van der Waals surface area contributed by atoms with Crippen LogP contribution < -0.4 is 10.6 Å². The van der Waals surface area contributed by atoms with Crippen LogP contribution in [0, 0.1) is 0 Å². The van der Waals surface area contributed by atoms with Gasteiger partial charge in [0, 0.05) is 24.6 Å². The highest BCUT2D eigenvalue weighted by Gasteiger charge is 2.43. The van der Waals surface area contributed by atoms with Crippen molar-refractivity contribution >= 4 is 17.8 Å². The summed E-state index contributed by atoms with van der Waals surface area (Å²) in [4.78, 5) is 39.0. The zero-order valence-corrected chi connectivity index (χ0v) is 17.7. The third kappa shape index (κ3) is 3.34. The second kappa shape index (κ2) is 7.64. The average Bonchev–Trinajstić information content (AvgIpc) is 3.10. The van der Waals surface area contributed by atoms with E-state index in [4.69, 9.17) is 0 Å². The van der Waals surface area contributed by atoms with Crippen LogP contribution in [-0.4, -0.2) is 29.3 Å². The fourth-order valence-electron chi connectivity index (χ4n) is 4.61. The van der Waals surface area contributed by atoms with Gasteiger partial charge < -0.3 is 10.2 Å². The van der Waals surface area contributed by atoms with Gasteiger partial charge in [0.1, 0.15) is 5.54 Å². The van der Waals surface area contributed by atoms with Crippen molar-refractivity contribution in [3.05, 3.63) is 107 Å². The highest BCUT2D eigenvalue weighted by molar-refractivity contribution is 6.07. The molecule has 0 aliphatic carbocycles. The van der Waals surface area contributed by atoms with Gasteiger partial charge in [0.05, 0.1) is 0 Å². The van der Waals surface area contributed by atoms with Crippen LogP contribution in [-0.2, 0) is 16.9 Å². The highest BCUT2D eigenvalue weighted by Crippen LogP contribution is 2.34. The third-order valence-corrected chi connectivity index (χ3v) is 6.44. The average molecular weight is 425 g/mol. The molecule has 6 heteroatoms. The number of amides is 4. The molecule has 3 aromatic rings. The first-order valence-corrected chi connectivity index (χ1v) is 10.6. The van der Waals surface area contributed by atoms with Gasteiger partial charge in [0.15, 0.2) is 0 Å². The Balaban J connectivity index is 1.42. The summed E-state index contributed by atoms with van der Waals surface area (Å²) in [5, 5.41) is 4.91. The number of nitrogens with one attached hydrogen (secondary N) is 2. The molecule has 0 radical (unpaired) electrons. The normalized spacial score (nSPS) is 22.2. The fraction of sp³-hybridized carbons (Fsp3) is 0.192. The molecule has 5 rings (SSSR count). The molecule has 6 nitrogen and oxygen atoms in total. The molecule has 0 saturated carbocycles. The Kier molecular flexibility index (Phi) is 4.78. The monoisotopic (exact) mass is 425 g/mol. The van der Waals surface area contributed by atoms with Crippen molar-refractivity contribution in [3.8, 4) is 0 Å². The molecular weight excluding hydrogens is 402 g/mol. The van der Waals surface area contributed by atoms with Gasteiger partial charge in [-0.15, -0.1) is 0 Å². The Hall–Kier alpha value is -3.93. The molecule has 1 saturated heterocycles. The van der Waals surface area contributed by atoms with Crippen LogP contribution in [0.3, 0.4) is 0 Å². The zero-order chi connectivity index (χ0) is 22.3. The van der Waals surface area contributed by atoms with Crippen molar-refractivity contribution in [2.75, 3.05) is 6.54 Å². The quantitative estimate of drug-likeness (QED) is 0.630. The summed E-state index contributed by atoms with van der Waals surface area (Å²) >= 11 is 0. The van der Waals surface area contributed by atoms with Gasteiger partial charge in [-0.3, -0.25) is 14.9 Å². The molecule has 4 amide bonds. The molecule has 2 N–H and O–H groups in total. The number of benzene rings is 3. The van der Waals surface area contributed by atoms with E-state index in [1.165, 1.54) is 11.1 Å². The molecule has 2 atom stereocenters. The summed E-state index contributed by atoms with van der Waals surface area (Å²) in [5.41, 5.74) is 3.63. The van der Waals surface area contributed by atoms with Crippen LogP contribution in [0.4, 0.5) is 4.79 Å². The number of rotatable bonds is 3. The van der Waals surface area contributed by atoms with E-state index < -0.39 is 17.5 Å². The van der Waals surface area contributed by atoms with Crippen molar-refractivity contribution in [2.24, 2.45) is 0 Å². The maximum atomic E-state index is 13.4. The van der Waals surface area contributed by atoms with Crippen molar-refractivity contribution in [1.29, 1.82) is 0 Å². The second-order valence-corrected chi connectivity index (χ2v) is 8.46. The molecule has 0 spiro atoms. The second-order valence-electron chi connectivity index (χ2n) is 8.46. The number of fused-ring (bicyclic) bond motifs is 1. The Morgan fingerprint density at radius 2 is 1.62 bits per heavy atom. The molecular formula is C26H23N3O3. The summed E-state index contributed by atoms with van der Waals surface area (Å²) in [7, 11) is 0. The van der Waals surface area contributed by atoms with Gasteiger partial charge in [-0.25, -0.2) is 4.79 Å². The molecule has 32 heavy (non-hydrogen) atoms. The van der Waals surface area contributed by atoms with E-state index in [0.717, 1.165) is 5.56 Å². The van der Waals surface area contributed by atoms with Crippen LogP contribution in [0.5, 0.6) is 0 Å². The lowest BCUT2D eigenvalue weighted by atomic mass is 9.84. The standard InChI is InChI=1S/C26H23N3O3/c1-26(24(31)27-25(32)28-26)20-13-11-18(12-14-20)23(30)29-15-19-9-5-6-10-21(19)22(16-29)17-7-3-2-4-8-17/h2-14,22H,15-16H2,1H3,(H2,27,28,31,32). The van der Waals surface area contributed by atoms with Crippen molar-refractivity contribution in [3.63, 3.8) is 0 Å². The SMILES string of the molecule is CC1(c2ccc(C(=O)N3Cc4ccccc4C(c4ccccc4)C3)cc2)NC(=O)NC1=O. The fourth-order valence-corrected chi connectivity index (χ4v) is 4.61. The van der Waals surface area contributed by atoms with Crippen molar-refractivity contribution in [2.45, 2.75) is 24.9 Å². The topological polar surface area (TPSA) is 78.5 Å². The molecule has 0 aromatic heterocycles. The van der Waals surface area contributed by atoms with Gasteiger partial charge in [-0.2, -0.15) is 0 Å². The smallest absolute Gasteiger partial charge is 0.322 e. The number of imide groups is 1. The van der Waals surface area contributed by atoms with E-state index in [0.29, 0.717) is 24.2 Å². The van der Waals surface area contributed by atoms with Crippen molar-refractivity contribution in [1.82, 2.24) is 15.5 Å². The van der Waals surface area contributed by atoms with Crippen LogP contribution in [0.1, 0.15) is 45.5 Å². The molecule has 2 heterocycles. The van der Waals surface area contributed by atoms with E-state index in [-0.39, 0.29) is 11.8 Å². The van der Waals surface area contributed by atoms with Gasteiger partial charge in [0.2, 0.25) is 0 Å². The van der Waals surface area contributed by atoms with Crippen LogP contribution in [0.15, 0.2) is 78.9 Å². The minimum absolute atomic E-state index is 0.0583. The van der Waals surface area contributed by atoms with E-state index in [1.54, 1.807) is 31.2 Å². The summed E-state index contributed by atoms with van der Waals surface area (Å²) in [6.45, 7) is 2.80. The Bertz CT molecular complexity index is 1210. The van der Waals surface area contributed by atoms with Crippen LogP contribution >= 0.6 is 0 Å². The molecule has 1 fully saturated rings. The highest BCUT2D eigenvalue weighted by atomic mass is 16.2. The van der Waals surface area contributed by atoms with Gasteiger partial charge in [-0.05, 0) is 41.3 Å². The van der Waals surface area contributed by atoms with Gasteiger partial charge in [0.25, 0.3) is 11.8 Å². The third-order valence-electron chi connectivity index (χ3n) is 6.44. The first-order valence-electron chi connectivity index (χ1n) is 10.6. The predicted molar refractivity (Wildman–Crippen MR) is 120 cm³/mol. The summed E-state index contributed by atoms with van der Waals surface area (Å²) in [5.74, 6) is -0.349. The Morgan fingerprint density at radius 1 is 0.938 bits per heavy atom. The van der Waals surface area contributed by atoms with Crippen molar-refractivity contribution < 1.29 is 14.4 Å². The lowest BCUT2D eigenvalue weighted by molar-refractivity contribution is -0.123. The van der Waals surface area contributed by atoms with E-state index in [2.05, 4.69) is 34.9 Å². The van der Waals surface area contributed by atoms with Crippen LogP contribution in [0.2, 0.25) is 0 Å². The van der Waals surface area contributed by atoms with Crippen LogP contribution in [0.25, 0.3) is 0 Å². The molecule has 160 valence electrons. The lowest BCUT2D eigenvalue weighted by Crippen LogP contribution is -2.41. The summed E-state index contributed by atoms with van der Waals surface area (Å²) in [6, 6.07) is 24.9. The van der Waals surface area contributed by atoms with E-state index >= 15 is 0 Å². The predicted octanol–water partition coefficient (Wildman–Crippen LogP) is 3.53. The first kappa shape index (κ1) is 20.0. The van der Waals surface area contributed by atoms with E-state index in [9.17, 15) is 14.4 Å². The van der Waals surface area contributed by atoms with Gasteiger partial charge >= 0.3 is 6.03 Å². The largest absolute Gasteiger partial charge is 0.333 e. The Labute approximate surface area is 186 Å². The molecule has 2 aliphatic heterocycles. The number of carbonyl (C=O) groups is 3. The summed E-state index contributed by atoms with van der Waals surface area (Å²) in [6.07, 6.45) is 0. The van der Waals surface area contributed by atoms with E-state index in [1.807, 2.05) is 35.2 Å². The number of hydrogen-bond acceptors (Lipinski definition) is 3. The minimum atomic E-state index is -1.14. The zero-order valence-electron chi connectivity index (χ0n) is 17.7. The lowest BCUT2D eigenvalue weighted by Gasteiger charge is -2.35. The number of hydrogen-bond donors (Lipinski definition) is 2.